The van der Waals surface area contributed by atoms with Gasteiger partial charge in [-0.25, -0.2) is 0 Å². The first kappa shape index (κ1) is 52.4. The first-order valence-corrected chi connectivity index (χ1v) is 31.2. The van der Waals surface area contributed by atoms with Gasteiger partial charge in [0.1, 0.15) is 0 Å². The van der Waals surface area contributed by atoms with Crippen molar-refractivity contribution in [2.45, 2.75) is 51.9 Å². The fourth-order valence-corrected chi connectivity index (χ4v) is 15.9. The number of hydrogen-bond acceptors (Lipinski definition) is 2. The SMILES string of the molecule is C#Cc1ccc2c(c1/C=C\C)-c1c(cc(N(c3ccccc3)c3cc4c(c5c(n4-c4ccccc4)C=C(N(c4ccccc4)c4cc6c(c7ccccc47)-c4c(ccc7ccccc47)C6(C)C)Cc4ccccc4-5)c4ccccc34)c3ccccc13)C2(C)C. The highest BCUT2D eigenvalue weighted by atomic mass is 15.2. The molecule has 0 unspecified atom stereocenters. The zero-order chi connectivity index (χ0) is 59.9. The Balaban J connectivity index is 0.967. The molecule has 0 saturated heterocycles. The lowest BCUT2D eigenvalue weighted by Crippen LogP contribution is -2.20. The molecule has 13 aromatic carbocycles. The summed E-state index contributed by atoms with van der Waals surface area (Å²) in [5.41, 5.74) is 25.7. The quantitative estimate of drug-likeness (QED) is 0.141. The summed E-state index contributed by atoms with van der Waals surface area (Å²) in [6.45, 7) is 11.7. The number of hydrogen-bond donors (Lipinski definition) is 0. The lowest BCUT2D eigenvalue weighted by atomic mass is 9.81. The van der Waals surface area contributed by atoms with E-state index in [2.05, 4.69) is 328 Å². The van der Waals surface area contributed by atoms with Gasteiger partial charge in [0, 0.05) is 72.7 Å². The molecule has 0 atom stereocenters. The van der Waals surface area contributed by atoms with Crippen molar-refractivity contribution in [1.82, 2.24) is 4.57 Å². The van der Waals surface area contributed by atoms with Crippen LogP contribution in [0.15, 0.2) is 267 Å². The van der Waals surface area contributed by atoms with Crippen LogP contribution in [-0.4, -0.2) is 4.57 Å². The van der Waals surface area contributed by atoms with Gasteiger partial charge in [-0.15, -0.1) is 6.42 Å². The normalized spacial score (nSPS) is 14.0. The predicted molar refractivity (Wildman–Crippen MR) is 378 cm³/mol. The second kappa shape index (κ2) is 19.8. The number of nitrogens with zero attached hydrogens (tertiary/aromatic N) is 3. The van der Waals surface area contributed by atoms with Gasteiger partial charge in [0.25, 0.3) is 0 Å². The van der Waals surface area contributed by atoms with Crippen LogP contribution in [0.3, 0.4) is 0 Å². The van der Waals surface area contributed by atoms with Gasteiger partial charge in [0.2, 0.25) is 0 Å². The Kier molecular flexibility index (Phi) is 11.7. The van der Waals surface area contributed by atoms with Crippen LogP contribution < -0.4 is 9.80 Å². The van der Waals surface area contributed by atoms with Crippen LogP contribution in [0.5, 0.6) is 0 Å². The van der Waals surface area contributed by atoms with E-state index in [1.165, 1.54) is 110 Å². The highest BCUT2D eigenvalue weighted by molar-refractivity contribution is 6.23. The molecule has 0 spiro atoms. The monoisotopic (exact) mass is 1140 g/mol. The summed E-state index contributed by atoms with van der Waals surface area (Å²) in [6, 6.07) is 95.2. The summed E-state index contributed by atoms with van der Waals surface area (Å²) in [5, 5.41) is 11.0. The number of benzene rings is 13. The number of rotatable bonds is 8. The third-order valence-electron chi connectivity index (χ3n) is 19.9. The Morgan fingerprint density at radius 3 is 1.56 bits per heavy atom. The van der Waals surface area contributed by atoms with Crippen LogP contribution in [0.25, 0.3) is 105 Å². The Morgan fingerprint density at radius 2 is 0.921 bits per heavy atom. The Hall–Kier alpha value is -10.9. The molecule has 0 aliphatic heterocycles. The maximum atomic E-state index is 6.30. The second-order valence-corrected chi connectivity index (χ2v) is 25.4. The van der Waals surface area contributed by atoms with E-state index < -0.39 is 0 Å². The Labute approximate surface area is 520 Å². The molecule has 3 aliphatic carbocycles. The van der Waals surface area contributed by atoms with Gasteiger partial charge < -0.3 is 14.4 Å². The lowest BCUT2D eigenvalue weighted by Gasteiger charge is -2.32. The third kappa shape index (κ3) is 7.60. The summed E-state index contributed by atoms with van der Waals surface area (Å²) in [7, 11) is 0. The zero-order valence-electron chi connectivity index (χ0n) is 50.6. The molecule has 1 aromatic heterocycles. The van der Waals surface area contributed by atoms with Crippen LogP contribution in [0, 0.1) is 12.3 Å². The average Bonchev–Trinajstić information content (AvgIpc) is 1.61. The molecule has 3 nitrogen and oxygen atoms in total. The Morgan fingerprint density at radius 1 is 0.438 bits per heavy atom. The largest absolute Gasteiger partial charge is 0.313 e. The van der Waals surface area contributed by atoms with Crippen LogP contribution >= 0.6 is 0 Å². The van der Waals surface area contributed by atoms with Gasteiger partial charge in [-0.05, 0) is 162 Å². The minimum Gasteiger partial charge on any atom is -0.313 e. The number of para-hydroxylation sites is 3. The van der Waals surface area contributed by atoms with E-state index in [1.807, 2.05) is 0 Å². The lowest BCUT2D eigenvalue weighted by molar-refractivity contribution is 0.660. The molecule has 17 rings (SSSR count). The first-order chi connectivity index (χ1) is 43.6. The summed E-state index contributed by atoms with van der Waals surface area (Å²) in [6.07, 6.45) is 13.9. The molecule has 0 radical (unpaired) electrons. The molecule has 3 aliphatic rings. The molecule has 0 bridgehead atoms. The summed E-state index contributed by atoms with van der Waals surface area (Å²) >= 11 is 0. The van der Waals surface area contributed by atoms with Crippen LogP contribution in [0.4, 0.5) is 28.4 Å². The van der Waals surface area contributed by atoms with Crippen LogP contribution in [0.1, 0.15) is 79.3 Å². The fraction of sp³-hybridized carbons (Fsp3) is 0.0930. The average molecular weight is 1140 g/mol. The topological polar surface area (TPSA) is 11.4 Å². The number of anilines is 5. The Bertz CT molecular complexity index is 5420. The van der Waals surface area contributed by atoms with Crippen molar-refractivity contribution >= 4 is 94.6 Å². The maximum Gasteiger partial charge on any atom is 0.0568 e. The van der Waals surface area contributed by atoms with Crippen LogP contribution in [-0.2, 0) is 17.3 Å². The van der Waals surface area contributed by atoms with Gasteiger partial charge >= 0.3 is 0 Å². The van der Waals surface area contributed by atoms with Gasteiger partial charge in [-0.2, -0.15) is 0 Å². The molecule has 0 amide bonds. The molecular formula is C86H63N3. The number of allylic oxidation sites excluding steroid dienone is 2. The van der Waals surface area contributed by atoms with E-state index in [0.29, 0.717) is 6.42 Å². The first-order valence-electron chi connectivity index (χ1n) is 31.2. The van der Waals surface area contributed by atoms with E-state index in [4.69, 9.17) is 6.42 Å². The van der Waals surface area contributed by atoms with Crippen molar-refractivity contribution < 1.29 is 0 Å². The van der Waals surface area contributed by atoms with Crippen molar-refractivity contribution in [2.24, 2.45) is 0 Å². The van der Waals surface area contributed by atoms with Gasteiger partial charge in [0.15, 0.2) is 0 Å². The molecule has 1 heterocycles. The zero-order valence-corrected chi connectivity index (χ0v) is 50.6. The van der Waals surface area contributed by atoms with Crippen molar-refractivity contribution in [3.8, 4) is 51.4 Å². The summed E-state index contributed by atoms with van der Waals surface area (Å²) in [4.78, 5) is 5.14. The molecule has 422 valence electrons. The van der Waals surface area contributed by atoms with Crippen LogP contribution in [0.2, 0.25) is 0 Å². The molecular weight excluding hydrogens is 1070 g/mol. The minimum atomic E-state index is -0.339. The summed E-state index contributed by atoms with van der Waals surface area (Å²) < 4.78 is 2.56. The second-order valence-electron chi connectivity index (χ2n) is 25.4. The van der Waals surface area contributed by atoms with E-state index in [9.17, 15) is 0 Å². The van der Waals surface area contributed by atoms with E-state index in [0.717, 1.165) is 61.5 Å². The molecule has 0 N–H and O–H groups in total. The molecule has 14 aromatic rings. The fourth-order valence-electron chi connectivity index (χ4n) is 15.9. The summed E-state index contributed by atoms with van der Waals surface area (Å²) in [5.74, 6) is 3.04. The van der Waals surface area contributed by atoms with Crippen molar-refractivity contribution in [2.75, 3.05) is 9.80 Å². The van der Waals surface area contributed by atoms with Crippen molar-refractivity contribution in [1.29, 1.82) is 0 Å². The van der Waals surface area contributed by atoms with E-state index >= 15 is 0 Å². The number of fused-ring (bicyclic) bond motifs is 19. The number of terminal acetylenes is 1. The van der Waals surface area contributed by atoms with E-state index in [-0.39, 0.29) is 10.8 Å². The predicted octanol–water partition coefficient (Wildman–Crippen LogP) is 22.7. The third-order valence-corrected chi connectivity index (χ3v) is 19.9. The van der Waals surface area contributed by atoms with Gasteiger partial charge in [0.05, 0.1) is 28.3 Å². The molecule has 89 heavy (non-hydrogen) atoms. The standard InChI is InChI=1S/C86H63N3/c1-7-28-61-54(8-2)45-47-70-79(61)81-68-43-26-23-40-65(68)75(52-73(81)85(70,3)4)88(58-33-14-10-15-34-58)76-53-78-84(69-44-27-24-41-66(69)76)83-63-38-21-19-30-56(63)49-60(50-77(83)89(78)59-35-16-11-17-36-59)87(57-31-12-9-13-32-57)74-51-72-82(67-42-25-22-39-64(67)74)80-62-37-20-18-29-55(62)46-48-71(80)86(72,5)6/h2,7,9-48,50-53H,49H2,1,3-6H3/b28-7-. The highest BCUT2D eigenvalue weighted by Gasteiger charge is 2.42. The van der Waals surface area contributed by atoms with E-state index in [1.54, 1.807) is 0 Å². The molecule has 3 heteroatoms. The molecule has 0 fully saturated rings. The van der Waals surface area contributed by atoms with Gasteiger partial charge in [-0.1, -0.05) is 240 Å². The van der Waals surface area contributed by atoms with Gasteiger partial charge in [-0.3, -0.25) is 0 Å². The smallest absolute Gasteiger partial charge is 0.0568 e. The van der Waals surface area contributed by atoms with Crippen molar-refractivity contribution in [3.05, 3.63) is 311 Å². The highest BCUT2D eigenvalue weighted by Crippen LogP contribution is 2.59. The maximum absolute atomic E-state index is 6.30. The minimum absolute atomic E-state index is 0.269. The molecule has 0 saturated carbocycles. The number of aromatic nitrogens is 1. The van der Waals surface area contributed by atoms with Crippen molar-refractivity contribution in [3.63, 3.8) is 0 Å².